The van der Waals surface area contributed by atoms with Crippen molar-refractivity contribution in [2.24, 2.45) is 11.8 Å². The molecule has 1 aromatic heterocycles. The monoisotopic (exact) mass is 588 g/mol. The highest BCUT2D eigenvalue weighted by molar-refractivity contribution is 5.98. The molecule has 1 heterocycles. The van der Waals surface area contributed by atoms with Gasteiger partial charge in [-0.3, -0.25) is 19.2 Å². The maximum atomic E-state index is 13.8. The van der Waals surface area contributed by atoms with Crippen LogP contribution in [0.5, 0.6) is 0 Å². The Hall–Kier alpha value is -4.34. The van der Waals surface area contributed by atoms with Crippen molar-refractivity contribution in [1.29, 1.82) is 0 Å². The molecule has 43 heavy (non-hydrogen) atoms. The molecule has 1 aliphatic carbocycles. The van der Waals surface area contributed by atoms with E-state index in [1.165, 1.54) is 6.07 Å². The molecule has 1 fully saturated rings. The number of carbonyl (C=O) groups excluding carboxylic acids is 5. The molecule has 4 rings (SSSR count). The number of rotatable bonds is 13. The van der Waals surface area contributed by atoms with Crippen LogP contribution in [0.3, 0.4) is 0 Å². The van der Waals surface area contributed by atoms with E-state index in [4.69, 9.17) is 4.52 Å². The van der Waals surface area contributed by atoms with Crippen LogP contribution in [0.2, 0.25) is 0 Å². The Morgan fingerprint density at radius 2 is 1.74 bits per heavy atom. The second kappa shape index (κ2) is 14.7. The van der Waals surface area contributed by atoms with Crippen LogP contribution in [-0.2, 0) is 25.6 Å². The molecule has 0 saturated heterocycles. The van der Waals surface area contributed by atoms with Crippen molar-refractivity contribution in [1.82, 2.24) is 21.1 Å². The fourth-order valence-electron chi connectivity index (χ4n) is 5.62. The van der Waals surface area contributed by atoms with Crippen molar-refractivity contribution in [2.75, 3.05) is 0 Å². The molecule has 1 unspecified atom stereocenters. The molecular weight excluding hydrogens is 548 g/mol. The second-order valence-corrected chi connectivity index (χ2v) is 11.8. The van der Waals surface area contributed by atoms with Gasteiger partial charge in [-0.2, -0.15) is 0 Å². The summed E-state index contributed by atoms with van der Waals surface area (Å²) in [6.07, 6.45) is 4.32. The predicted octanol–water partition coefficient (Wildman–Crippen LogP) is 3.84. The number of aldehydes is 1. The highest BCUT2D eigenvalue weighted by atomic mass is 16.5. The van der Waals surface area contributed by atoms with E-state index >= 15 is 0 Å². The minimum absolute atomic E-state index is 0.0369. The average molecular weight is 589 g/mol. The van der Waals surface area contributed by atoms with E-state index in [2.05, 4.69) is 21.1 Å². The van der Waals surface area contributed by atoms with Gasteiger partial charge in [-0.05, 0) is 54.9 Å². The standard InChI is InChI=1S/C33H40N4O6/c1-20(2)15-27(31(40)34-25(19-38)17-24-10-5-7-14-30(24)39)35-32(41)28(36-33(42)29-16-21(3)43-37-29)18-23-12-8-11-22-9-4-6-13-26(22)23/h4,6,8-9,11-13,16,19-20,24-25,27-28H,5,7,10,14-15,17-18H2,1-3H3,(H,34,40)(H,35,41)(H,36,42)/t24-,25?,27-,28-/m0/s1. The fourth-order valence-corrected chi connectivity index (χ4v) is 5.62. The van der Waals surface area contributed by atoms with Gasteiger partial charge in [0.15, 0.2) is 5.69 Å². The number of hydrogen-bond acceptors (Lipinski definition) is 7. The maximum Gasteiger partial charge on any atom is 0.274 e. The van der Waals surface area contributed by atoms with E-state index in [0.29, 0.717) is 31.3 Å². The average Bonchev–Trinajstić information content (AvgIpc) is 3.43. The van der Waals surface area contributed by atoms with Gasteiger partial charge < -0.3 is 25.3 Å². The van der Waals surface area contributed by atoms with Gasteiger partial charge in [0.2, 0.25) is 11.8 Å². The van der Waals surface area contributed by atoms with Gasteiger partial charge in [-0.1, -0.05) is 67.9 Å². The first-order valence-corrected chi connectivity index (χ1v) is 14.9. The maximum absolute atomic E-state index is 13.8. The summed E-state index contributed by atoms with van der Waals surface area (Å²) >= 11 is 0. The van der Waals surface area contributed by atoms with Crippen molar-refractivity contribution >= 4 is 40.6 Å². The molecule has 0 spiro atoms. The summed E-state index contributed by atoms with van der Waals surface area (Å²) in [6, 6.07) is 12.2. The van der Waals surface area contributed by atoms with Crippen molar-refractivity contribution in [3.05, 3.63) is 65.5 Å². The van der Waals surface area contributed by atoms with Crippen LogP contribution in [0, 0.1) is 18.8 Å². The van der Waals surface area contributed by atoms with E-state index < -0.39 is 35.8 Å². The fraction of sp³-hybridized carbons (Fsp3) is 0.455. The Morgan fingerprint density at radius 1 is 1.00 bits per heavy atom. The van der Waals surface area contributed by atoms with E-state index in [0.717, 1.165) is 29.2 Å². The lowest BCUT2D eigenvalue weighted by Gasteiger charge is -2.27. The molecule has 3 N–H and O–H groups in total. The molecule has 2 aromatic carbocycles. The van der Waals surface area contributed by atoms with Crippen molar-refractivity contribution in [2.45, 2.75) is 83.8 Å². The van der Waals surface area contributed by atoms with Crippen LogP contribution in [0.4, 0.5) is 0 Å². The van der Waals surface area contributed by atoms with Gasteiger partial charge in [0.05, 0.1) is 6.04 Å². The molecule has 10 heteroatoms. The molecule has 228 valence electrons. The molecule has 4 atom stereocenters. The third-order valence-corrected chi connectivity index (χ3v) is 7.84. The molecule has 1 aliphatic rings. The largest absolute Gasteiger partial charge is 0.361 e. The number of nitrogens with one attached hydrogen (secondary N) is 3. The van der Waals surface area contributed by atoms with E-state index in [1.807, 2.05) is 56.3 Å². The number of nitrogens with zero attached hydrogens (tertiary/aromatic N) is 1. The number of benzene rings is 2. The van der Waals surface area contributed by atoms with Gasteiger partial charge in [0, 0.05) is 24.8 Å². The first kappa shape index (κ1) is 31.6. The van der Waals surface area contributed by atoms with Crippen LogP contribution in [-0.4, -0.2) is 53.1 Å². The number of carbonyl (C=O) groups is 5. The van der Waals surface area contributed by atoms with Crippen LogP contribution in [0.15, 0.2) is 53.1 Å². The molecule has 3 aromatic rings. The molecular formula is C33H40N4O6. The molecule has 0 radical (unpaired) electrons. The van der Waals surface area contributed by atoms with Gasteiger partial charge in [0.25, 0.3) is 5.91 Å². The minimum Gasteiger partial charge on any atom is -0.361 e. The topological polar surface area (TPSA) is 147 Å². The van der Waals surface area contributed by atoms with E-state index in [-0.39, 0.29) is 36.2 Å². The summed E-state index contributed by atoms with van der Waals surface area (Å²) in [4.78, 5) is 64.5. The van der Waals surface area contributed by atoms with Gasteiger partial charge in [0.1, 0.15) is 29.9 Å². The number of Topliss-reactive ketones (excluding diaryl/α,β-unsaturated/α-hetero) is 1. The Kier molecular flexibility index (Phi) is 10.8. The number of amides is 3. The number of ketones is 1. The number of fused-ring (bicyclic) bond motifs is 1. The summed E-state index contributed by atoms with van der Waals surface area (Å²) in [7, 11) is 0. The Bertz CT molecular complexity index is 1460. The Morgan fingerprint density at radius 3 is 2.44 bits per heavy atom. The summed E-state index contributed by atoms with van der Waals surface area (Å²) < 4.78 is 5.04. The predicted molar refractivity (Wildman–Crippen MR) is 161 cm³/mol. The summed E-state index contributed by atoms with van der Waals surface area (Å²) in [5, 5.41) is 14.0. The highest BCUT2D eigenvalue weighted by Gasteiger charge is 2.31. The smallest absolute Gasteiger partial charge is 0.274 e. The van der Waals surface area contributed by atoms with Crippen LogP contribution < -0.4 is 16.0 Å². The lowest BCUT2D eigenvalue weighted by atomic mass is 9.84. The van der Waals surface area contributed by atoms with Crippen molar-refractivity contribution in [3.63, 3.8) is 0 Å². The third-order valence-electron chi connectivity index (χ3n) is 7.84. The first-order valence-electron chi connectivity index (χ1n) is 14.9. The van der Waals surface area contributed by atoms with Crippen LogP contribution in [0.1, 0.15) is 74.2 Å². The van der Waals surface area contributed by atoms with Crippen LogP contribution >= 0.6 is 0 Å². The molecule has 1 saturated carbocycles. The second-order valence-electron chi connectivity index (χ2n) is 11.8. The number of aryl methyl sites for hydroxylation is 1. The summed E-state index contributed by atoms with van der Waals surface area (Å²) in [5.74, 6) is -1.29. The molecule has 0 bridgehead atoms. The number of hydrogen-bond donors (Lipinski definition) is 3. The van der Waals surface area contributed by atoms with E-state index in [1.54, 1.807) is 6.92 Å². The lowest BCUT2D eigenvalue weighted by molar-refractivity contribution is -0.131. The summed E-state index contributed by atoms with van der Waals surface area (Å²) in [6.45, 7) is 5.51. The molecule has 10 nitrogen and oxygen atoms in total. The van der Waals surface area contributed by atoms with Gasteiger partial charge in [-0.15, -0.1) is 0 Å². The number of aromatic nitrogens is 1. The van der Waals surface area contributed by atoms with Gasteiger partial charge >= 0.3 is 0 Å². The Labute approximate surface area is 251 Å². The Balaban J connectivity index is 1.54. The molecule has 3 amide bonds. The zero-order valence-corrected chi connectivity index (χ0v) is 24.9. The first-order chi connectivity index (χ1) is 20.6. The van der Waals surface area contributed by atoms with Gasteiger partial charge in [-0.25, -0.2) is 0 Å². The van der Waals surface area contributed by atoms with Crippen LogP contribution in [0.25, 0.3) is 10.8 Å². The SMILES string of the molecule is Cc1cc(C(=O)N[C@@H](Cc2cccc3ccccc23)C(=O)N[C@@H](CC(C)C)C(=O)NC(C=O)C[C@@H]2CCCCC2=O)no1. The van der Waals surface area contributed by atoms with E-state index in [9.17, 15) is 24.0 Å². The summed E-state index contributed by atoms with van der Waals surface area (Å²) in [5.41, 5.74) is 0.883. The quantitative estimate of drug-likeness (QED) is 0.257. The molecule has 0 aliphatic heterocycles. The third kappa shape index (κ3) is 8.59. The van der Waals surface area contributed by atoms with Crippen molar-refractivity contribution in [3.8, 4) is 0 Å². The normalized spacial score (nSPS) is 17.2. The lowest BCUT2D eigenvalue weighted by Crippen LogP contribution is -2.56. The van der Waals surface area contributed by atoms with Crippen molar-refractivity contribution < 1.29 is 28.5 Å². The highest BCUT2D eigenvalue weighted by Crippen LogP contribution is 2.24. The zero-order valence-electron chi connectivity index (χ0n) is 24.9. The minimum atomic E-state index is -1.04. The zero-order chi connectivity index (χ0) is 30.9.